The van der Waals surface area contributed by atoms with Gasteiger partial charge in [-0.3, -0.25) is 9.59 Å². The SMILES string of the molecule is CCCCCCCCCC/C=C/CCOC(=O)CCC(=O)OCC(Cl)Cl. The van der Waals surface area contributed by atoms with E-state index in [1.165, 1.54) is 51.4 Å². The van der Waals surface area contributed by atoms with Crippen molar-refractivity contribution in [3.05, 3.63) is 12.2 Å². The molecule has 0 bridgehead atoms. The van der Waals surface area contributed by atoms with Crippen molar-refractivity contribution >= 4 is 35.1 Å². The van der Waals surface area contributed by atoms with Crippen molar-refractivity contribution in [2.45, 2.75) is 88.8 Å². The Morgan fingerprint density at radius 1 is 0.808 bits per heavy atom. The van der Waals surface area contributed by atoms with E-state index in [-0.39, 0.29) is 19.4 Å². The third-order valence-corrected chi connectivity index (χ3v) is 4.09. The van der Waals surface area contributed by atoms with Crippen LogP contribution in [0.1, 0.15) is 84.0 Å². The van der Waals surface area contributed by atoms with Crippen LogP contribution in [0.3, 0.4) is 0 Å². The molecule has 0 fully saturated rings. The Morgan fingerprint density at radius 2 is 1.35 bits per heavy atom. The van der Waals surface area contributed by atoms with Crippen LogP contribution in [0.2, 0.25) is 0 Å². The normalized spacial score (nSPS) is 11.2. The van der Waals surface area contributed by atoms with Gasteiger partial charge in [-0.2, -0.15) is 0 Å². The fraction of sp³-hybridized carbons (Fsp3) is 0.800. The van der Waals surface area contributed by atoms with E-state index in [4.69, 9.17) is 32.7 Å². The molecule has 0 saturated carbocycles. The summed E-state index contributed by atoms with van der Waals surface area (Å²) in [6, 6.07) is 0. The second kappa shape index (κ2) is 19.0. The predicted molar refractivity (Wildman–Crippen MR) is 108 cm³/mol. The van der Waals surface area contributed by atoms with Crippen LogP contribution in [-0.4, -0.2) is 30.0 Å². The summed E-state index contributed by atoms with van der Waals surface area (Å²) in [6.07, 6.45) is 16.6. The van der Waals surface area contributed by atoms with Crippen LogP contribution in [0.15, 0.2) is 12.2 Å². The van der Waals surface area contributed by atoms with Gasteiger partial charge in [0.05, 0.1) is 19.4 Å². The van der Waals surface area contributed by atoms with E-state index in [0.717, 1.165) is 6.42 Å². The monoisotopic (exact) mass is 408 g/mol. The topological polar surface area (TPSA) is 52.6 Å². The van der Waals surface area contributed by atoms with Gasteiger partial charge in [0.2, 0.25) is 0 Å². The first-order chi connectivity index (χ1) is 12.6. The zero-order chi connectivity index (χ0) is 19.5. The molecule has 0 aromatic heterocycles. The van der Waals surface area contributed by atoms with Gasteiger partial charge in [-0.1, -0.05) is 64.0 Å². The van der Waals surface area contributed by atoms with Crippen LogP contribution in [0, 0.1) is 0 Å². The highest BCUT2D eigenvalue weighted by molar-refractivity contribution is 6.44. The lowest BCUT2D eigenvalue weighted by Gasteiger charge is -2.05. The fourth-order valence-corrected chi connectivity index (χ4v) is 2.50. The summed E-state index contributed by atoms with van der Waals surface area (Å²) in [7, 11) is 0. The van der Waals surface area contributed by atoms with Crippen LogP contribution in [0.4, 0.5) is 0 Å². The van der Waals surface area contributed by atoms with E-state index >= 15 is 0 Å². The van der Waals surface area contributed by atoms with Crippen molar-refractivity contribution in [1.82, 2.24) is 0 Å². The number of rotatable bonds is 17. The molecule has 0 aliphatic heterocycles. The molecule has 0 aliphatic carbocycles. The van der Waals surface area contributed by atoms with Crippen LogP contribution in [0.5, 0.6) is 0 Å². The lowest BCUT2D eigenvalue weighted by molar-refractivity contribution is -0.150. The fourth-order valence-electron chi connectivity index (χ4n) is 2.38. The largest absolute Gasteiger partial charge is 0.465 e. The van der Waals surface area contributed by atoms with E-state index in [9.17, 15) is 9.59 Å². The van der Waals surface area contributed by atoms with Crippen LogP contribution in [-0.2, 0) is 19.1 Å². The quantitative estimate of drug-likeness (QED) is 0.125. The number of carbonyl (C=O) groups excluding carboxylic acids is 2. The van der Waals surface area contributed by atoms with Crippen molar-refractivity contribution in [1.29, 1.82) is 0 Å². The van der Waals surface area contributed by atoms with Gasteiger partial charge >= 0.3 is 11.9 Å². The molecular weight excluding hydrogens is 375 g/mol. The Bertz CT molecular complexity index is 384. The highest BCUT2D eigenvalue weighted by Gasteiger charge is 2.10. The minimum atomic E-state index is -0.747. The molecule has 0 aromatic carbocycles. The molecule has 0 radical (unpaired) electrons. The first-order valence-corrected chi connectivity index (χ1v) is 10.7. The van der Waals surface area contributed by atoms with Crippen molar-refractivity contribution in [3.63, 3.8) is 0 Å². The van der Waals surface area contributed by atoms with Gasteiger partial charge in [-0.25, -0.2) is 0 Å². The van der Waals surface area contributed by atoms with Crippen LogP contribution >= 0.6 is 23.2 Å². The van der Waals surface area contributed by atoms with Crippen molar-refractivity contribution in [2.75, 3.05) is 13.2 Å². The summed E-state index contributed by atoms with van der Waals surface area (Å²) in [5, 5.41) is 0. The van der Waals surface area contributed by atoms with Crippen molar-refractivity contribution < 1.29 is 19.1 Å². The Kier molecular flexibility index (Phi) is 18.5. The lowest BCUT2D eigenvalue weighted by Crippen LogP contribution is -2.13. The third-order valence-electron chi connectivity index (χ3n) is 3.84. The minimum absolute atomic E-state index is 0.00996. The summed E-state index contributed by atoms with van der Waals surface area (Å²) < 4.78 is 9.81. The Morgan fingerprint density at radius 3 is 1.96 bits per heavy atom. The Labute approximate surface area is 168 Å². The van der Waals surface area contributed by atoms with Gasteiger partial charge in [0.1, 0.15) is 11.4 Å². The van der Waals surface area contributed by atoms with Crippen molar-refractivity contribution in [3.8, 4) is 0 Å². The number of allylic oxidation sites excluding steroid dienone is 1. The number of ether oxygens (including phenoxy) is 2. The molecule has 0 spiro atoms. The van der Waals surface area contributed by atoms with Crippen LogP contribution in [0.25, 0.3) is 0 Å². The van der Waals surface area contributed by atoms with Gasteiger partial charge in [0, 0.05) is 0 Å². The molecule has 0 amide bonds. The van der Waals surface area contributed by atoms with Gasteiger partial charge in [0.25, 0.3) is 0 Å². The standard InChI is InChI=1S/C20H34Cl2O4/c1-2-3-4-5-6-7-8-9-10-11-12-13-16-25-19(23)14-15-20(24)26-17-18(21)22/h11-12,18H,2-10,13-17H2,1H3/b12-11+. The molecule has 4 nitrogen and oxygen atoms in total. The summed E-state index contributed by atoms with van der Waals surface area (Å²) in [5.41, 5.74) is 0. The first kappa shape index (κ1) is 25.3. The minimum Gasteiger partial charge on any atom is -0.465 e. The third kappa shape index (κ3) is 19.6. The number of hydrogen-bond acceptors (Lipinski definition) is 4. The molecule has 0 N–H and O–H groups in total. The Balaban J connectivity index is 3.38. The second-order valence-corrected chi connectivity index (χ2v) is 7.60. The predicted octanol–water partition coefficient (Wildman–Crippen LogP) is 6.13. The van der Waals surface area contributed by atoms with E-state index in [0.29, 0.717) is 13.0 Å². The van der Waals surface area contributed by atoms with Crippen LogP contribution < -0.4 is 0 Å². The van der Waals surface area contributed by atoms with E-state index < -0.39 is 16.8 Å². The maximum Gasteiger partial charge on any atom is 0.306 e. The molecule has 0 saturated heterocycles. The van der Waals surface area contributed by atoms with E-state index in [2.05, 4.69) is 13.0 Å². The molecule has 0 rings (SSSR count). The number of esters is 2. The summed E-state index contributed by atoms with van der Waals surface area (Å²) in [6.45, 7) is 2.51. The molecule has 0 atom stereocenters. The molecule has 6 heteroatoms. The average Bonchev–Trinajstić information content (AvgIpc) is 2.62. The van der Waals surface area contributed by atoms with Gasteiger partial charge in [-0.15, -0.1) is 23.2 Å². The first-order valence-electron chi connectivity index (χ1n) is 9.80. The number of hydrogen-bond donors (Lipinski definition) is 0. The molecule has 26 heavy (non-hydrogen) atoms. The Hall–Kier alpha value is -0.740. The van der Waals surface area contributed by atoms with Gasteiger partial charge < -0.3 is 9.47 Å². The van der Waals surface area contributed by atoms with Gasteiger partial charge in [-0.05, 0) is 19.3 Å². The number of halogens is 2. The zero-order valence-electron chi connectivity index (χ0n) is 16.0. The summed E-state index contributed by atoms with van der Waals surface area (Å²) in [4.78, 5) is 22.0. The van der Waals surface area contributed by atoms with E-state index in [1.54, 1.807) is 0 Å². The number of unbranched alkanes of at least 4 members (excludes halogenated alkanes) is 8. The highest BCUT2D eigenvalue weighted by Crippen LogP contribution is 2.10. The summed E-state index contributed by atoms with van der Waals surface area (Å²) >= 11 is 10.9. The maximum absolute atomic E-state index is 11.5. The second-order valence-electron chi connectivity index (χ2n) is 6.32. The molecule has 0 aliphatic rings. The average molecular weight is 409 g/mol. The lowest BCUT2D eigenvalue weighted by atomic mass is 10.1. The van der Waals surface area contributed by atoms with Crippen molar-refractivity contribution in [2.24, 2.45) is 0 Å². The zero-order valence-corrected chi connectivity index (χ0v) is 17.5. The molecular formula is C20H34Cl2O4. The smallest absolute Gasteiger partial charge is 0.306 e. The molecule has 0 unspecified atom stereocenters. The molecule has 0 heterocycles. The van der Waals surface area contributed by atoms with E-state index in [1.807, 2.05) is 6.08 Å². The highest BCUT2D eigenvalue weighted by atomic mass is 35.5. The molecule has 0 aromatic rings. The number of carbonyl (C=O) groups is 2. The maximum atomic E-state index is 11.5. The number of alkyl halides is 2. The summed E-state index contributed by atoms with van der Waals surface area (Å²) in [5.74, 6) is -0.898. The van der Waals surface area contributed by atoms with Gasteiger partial charge in [0.15, 0.2) is 0 Å². The molecule has 152 valence electrons.